The van der Waals surface area contributed by atoms with Crippen molar-refractivity contribution in [2.45, 2.75) is 12.3 Å². The van der Waals surface area contributed by atoms with Gasteiger partial charge in [-0.2, -0.15) is 0 Å². The lowest BCUT2D eigenvalue weighted by atomic mass is 9.87. The van der Waals surface area contributed by atoms with Crippen molar-refractivity contribution in [2.24, 2.45) is 0 Å². The molecule has 0 bridgehead atoms. The molecule has 0 radical (unpaired) electrons. The Morgan fingerprint density at radius 2 is 1.64 bits per heavy atom. The van der Waals surface area contributed by atoms with Crippen molar-refractivity contribution in [1.29, 1.82) is 0 Å². The van der Waals surface area contributed by atoms with Crippen LogP contribution < -0.4 is 0 Å². The number of Topliss-reactive ketones (excluding diaryl/α,β-unsaturated/α-hetero) is 1. The van der Waals surface area contributed by atoms with Gasteiger partial charge in [0.25, 0.3) is 0 Å². The third-order valence-corrected chi connectivity index (χ3v) is 4.64. The molecule has 0 saturated carbocycles. The molecule has 3 rings (SSSR count). The Kier molecular flexibility index (Phi) is 5.84. The Morgan fingerprint density at radius 1 is 1.00 bits per heavy atom. The molecule has 1 aliphatic heterocycles. The normalized spacial score (nSPS) is 15.6. The molecular weight excluding hydrogens is 338 g/mol. The number of carbonyl (C=O) groups excluding carboxylic acids is 2. The summed E-state index contributed by atoms with van der Waals surface area (Å²) in [5, 5.41) is 0.606. The van der Waals surface area contributed by atoms with E-state index in [1.165, 1.54) is 0 Å². The average molecular weight is 358 g/mol. The fourth-order valence-corrected chi connectivity index (χ4v) is 3.10. The summed E-state index contributed by atoms with van der Waals surface area (Å²) in [6, 6.07) is 16.2. The van der Waals surface area contributed by atoms with Gasteiger partial charge in [0.15, 0.2) is 5.78 Å². The van der Waals surface area contributed by atoms with Crippen molar-refractivity contribution >= 4 is 23.3 Å². The molecule has 5 heteroatoms. The third kappa shape index (κ3) is 4.47. The lowest BCUT2D eigenvalue weighted by molar-refractivity contribution is -0.135. The zero-order valence-corrected chi connectivity index (χ0v) is 14.6. The topological polar surface area (TPSA) is 46.6 Å². The predicted octanol–water partition coefficient (Wildman–Crippen LogP) is 3.56. The van der Waals surface area contributed by atoms with Gasteiger partial charge < -0.3 is 9.64 Å². The molecule has 0 unspecified atom stereocenters. The predicted molar refractivity (Wildman–Crippen MR) is 97.0 cm³/mol. The van der Waals surface area contributed by atoms with Crippen molar-refractivity contribution in [3.8, 4) is 0 Å². The highest BCUT2D eigenvalue weighted by molar-refractivity contribution is 6.30. The molecule has 0 spiro atoms. The number of amides is 1. The number of morpholine rings is 1. The summed E-state index contributed by atoms with van der Waals surface area (Å²) < 4.78 is 5.29. The van der Waals surface area contributed by atoms with E-state index in [9.17, 15) is 9.59 Å². The Balaban J connectivity index is 1.84. The zero-order valence-electron chi connectivity index (χ0n) is 13.9. The van der Waals surface area contributed by atoms with Gasteiger partial charge in [0.05, 0.1) is 19.1 Å². The van der Waals surface area contributed by atoms with Gasteiger partial charge in [-0.3, -0.25) is 9.59 Å². The van der Waals surface area contributed by atoms with E-state index < -0.39 is 5.92 Å². The number of ketones is 1. The van der Waals surface area contributed by atoms with E-state index in [0.717, 1.165) is 5.56 Å². The van der Waals surface area contributed by atoms with Crippen LogP contribution in [0.1, 0.15) is 28.3 Å². The summed E-state index contributed by atoms with van der Waals surface area (Å²) >= 11 is 5.97. The lowest BCUT2D eigenvalue weighted by Crippen LogP contribution is -2.41. The first-order valence-corrected chi connectivity index (χ1v) is 8.73. The molecule has 1 fully saturated rings. The molecule has 2 aromatic carbocycles. The third-order valence-electron chi connectivity index (χ3n) is 4.39. The maximum absolute atomic E-state index is 13.0. The minimum absolute atomic E-state index is 0.0208. The van der Waals surface area contributed by atoms with E-state index in [2.05, 4.69) is 0 Å². The number of hydrogen-bond acceptors (Lipinski definition) is 3. The standard InChI is InChI=1S/C20H20ClNO3/c21-17-8-6-15(7-9-17)18(20(24)16-4-2-1-3-5-16)14-19(23)22-10-12-25-13-11-22/h1-9,18H,10-14H2/t18-/m1/s1. The number of rotatable bonds is 5. The quantitative estimate of drug-likeness (QED) is 0.769. The van der Waals surface area contributed by atoms with Gasteiger partial charge in [-0.15, -0.1) is 0 Å². The van der Waals surface area contributed by atoms with E-state index in [1.807, 2.05) is 30.3 Å². The molecule has 1 saturated heterocycles. The van der Waals surface area contributed by atoms with Gasteiger partial charge in [-0.1, -0.05) is 54.1 Å². The van der Waals surface area contributed by atoms with Crippen molar-refractivity contribution in [1.82, 2.24) is 4.90 Å². The Hall–Kier alpha value is -2.17. The second kappa shape index (κ2) is 8.28. The minimum Gasteiger partial charge on any atom is -0.378 e. The molecular formula is C20H20ClNO3. The van der Waals surface area contributed by atoms with Crippen molar-refractivity contribution in [3.63, 3.8) is 0 Å². The van der Waals surface area contributed by atoms with Gasteiger partial charge in [0, 0.05) is 30.1 Å². The first-order chi connectivity index (χ1) is 12.1. The zero-order chi connectivity index (χ0) is 17.6. The molecule has 1 aliphatic rings. The summed E-state index contributed by atoms with van der Waals surface area (Å²) in [7, 11) is 0. The summed E-state index contributed by atoms with van der Waals surface area (Å²) in [6.45, 7) is 2.24. The van der Waals surface area contributed by atoms with Gasteiger partial charge in [-0.05, 0) is 17.7 Å². The monoisotopic (exact) mass is 357 g/mol. The maximum atomic E-state index is 13.0. The van der Waals surface area contributed by atoms with Crippen LogP contribution in [0.4, 0.5) is 0 Å². The van der Waals surface area contributed by atoms with Crippen LogP contribution in [-0.4, -0.2) is 42.9 Å². The van der Waals surface area contributed by atoms with Gasteiger partial charge in [0.1, 0.15) is 0 Å². The number of nitrogens with zero attached hydrogens (tertiary/aromatic N) is 1. The molecule has 0 N–H and O–H groups in total. The summed E-state index contributed by atoms with van der Waals surface area (Å²) in [4.78, 5) is 27.5. The van der Waals surface area contributed by atoms with Crippen molar-refractivity contribution in [2.75, 3.05) is 26.3 Å². The highest BCUT2D eigenvalue weighted by Gasteiger charge is 2.27. The molecule has 1 atom stereocenters. The van der Waals surface area contributed by atoms with Crippen LogP contribution in [0.5, 0.6) is 0 Å². The van der Waals surface area contributed by atoms with Crippen molar-refractivity contribution < 1.29 is 14.3 Å². The van der Waals surface area contributed by atoms with Crippen LogP contribution in [0.3, 0.4) is 0 Å². The fourth-order valence-electron chi connectivity index (χ4n) is 2.98. The Bertz CT molecular complexity index is 724. The van der Waals surface area contributed by atoms with Crippen LogP contribution in [0, 0.1) is 0 Å². The lowest BCUT2D eigenvalue weighted by Gasteiger charge is -2.28. The smallest absolute Gasteiger partial charge is 0.223 e. The minimum atomic E-state index is -0.519. The molecule has 1 heterocycles. The molecule has 25 heavy (non-hydrogen) atoms. The molecule has 0 aromatic heterocycles. The molecule has 1 amide bonds. The number of halogens is 1. The number of benzene rings is 2. The second-order valence-corrected chi connectivity index (χ2v) is 6.47. The van der Waals surface area contributed by atoms with Crippen LogP contribution in [0.15, 0.2) is 54.6 Å². The number of hydrogen-bond donors (Lipinski definition) is 0. The van der Waals surface area contributed by atoms with E-state index in [1.54, 1.807) is 29.2 Å². The molecule has 0 aliphatic carbocycles. The van der Waals surface area contributed by atoms with Crippen LogP contribution in [-0.2, 0) is 9.53 Å². The Labute approximate surface area is 152 Å². The van der Waals surface area contributed by atoms with E-state index >= 15 is 0 Å². The van der Waals surface area contributed by atoms with Gasteiger partial charge >= 0.3 is 0 Å². The fraction of sp³-hybridized carbons (Fsp3) is 0.300. The van der Waals surface area contributed by atoms with Crippen LogP contribution >= 0.6 is 11.6 Å². The maximum Gasteiger partial charge on any atom is 0.223 e. The van der Waals surface area contributed by atoms with Gasteiger partial charge in [-0.25, -0.2) is 0 Å². The number of carbonyl (C=O) groups is 2. The first-order valence-electron chi connectivity index (χ1n) is 8.35. The average Bonchev–Trinajstić information content (AvgIpc) is 2.67. The summed E-state index contributed by atoms with van der Waals surface area (Å²) in [5.41, 5.74) is 1.41. The first kappa shape index (κ1) is 17.6. The SMILES string of the molecule is O=C(c1ccccc1)[C@H](CC(=O)N1CCOCC1)c1ccc(Cl)cc1. The van der Waals surface area contributed by atoms with E-state index in [4.69, 9.17) is 16.3 Å². The van der Waals surface area contributed by atoms with Crippen molar-refractivity contribution in [3.05, 3.63) is 70.7 Å². The molecule has 2 aromatic rings. The summed E-state index contributed by atoms with van der Waals surface area (Å²) in [5.74, 6) is -0.591. The van der Waals surface area contributed by atoms with E-state index in [-0.39, 0.29) is 18.1 Å². The highest BCUT2D eigenvalue weighted by atomic mass is 35.5. The summed E-state index contributed by atoms with van der Waals surface area (Å²) in [6.07, 6.45) is 0.148. The van der Waals surface area contributed by atoms with Gasteiger partial charge in [0.2, 0.25) is 5.91 Å². The Morgan fingerprint density at radius 3 is 2.28 bits per heavy atom. The van der Waals surface area contributed by atoms with Crippen LogP contribution in [0.2, 0.25) is 5.02 Å². The van der Waals surface area contributed by atoms with E-state index in [0.29, 0.717) is 36.9 Å². The molecule has 4 nitrogen and oxygen atoms in total. The number of ether oxygens (including phenoxy) is 1. The van der Waals surface area contributed by atoms with Crippen LogP contribution in [0.25, 0.3) is 0 Å². The largest absolute Gasteiger partial charge is 0.378 e. The highest BCUT2D eigenvalue weighted by Crippen LogP contribution is 2.27. The second-order valence-electron chi connectivity index (χ2n) is 6.03. The molecule has 130 valence electrons.